The predicted octanol–water partition coefficient (Wildman–Crippen LogP) is 3.93. The van der Waals surface area contributed by atoms with Gasteiger partial charge in [-0.15, -0.1) is 0 Å². The molecule has 148 valence electrons. The molecule has 0 radical (unpaired) electrons. The number of anilines is 3. The topological polar surface area (TPSA) is 79.4 Å². The second kappa shape index (κ2) is 8.70. The number of amides is 2. The van der Waals surface area contributed by atoms with Crippen LogP contribution in [-0.4, -0.2) is 42.3 Å². The van der Waals surface area contributed by atoms with Crippen molar-refractivity contribution in [1.82, 2.24) is 9.97 Å². The molecule has 4 rings (SSSR count). The molecule has 2 amide bonds. The first-order chi connectivity index (χ1) is 14.2. The molecule has 0 unspecified atom stereocenters. The first-order valence-corrected chi connectivity index (χ1v) is 9.59. The number of rotatable bonds is 4. The molecule has 7 heteroatoms. The Kier molecular flexibility index (Phi) is 5.67. The average molecular weight is 389 g/mol. The largest absolute Gasteiger partial charge is 0.378 e. The summed E-state index contributed by atoms with van der Waals surface area (Å²) in [6, 6.07) is 16.5. The van der Waals surface area contributed by atoms with E-state index >= 15 is 0 Å². The molecular formula is C22H23N5O2. The number of hydrogen-bond acceptors (Lipinski definition) is 5. The maximum absolute atomic E-state index is 12.1. The normalized spacial score (nSPS) is 13.8. The number of hydrogen-bond donors (Lipinski definition) is 2. The Hall–Kier alpha value is -3.45. The Balaban J connectivity index is 1.45. The number of nitrogens with zero attached hydrogens (tertiary/aromatic N) is 3. The van der Waals surface area contributed by atoms with Crippen molar-refractivity contribution in [2.24, 2.45) is 0 Å². The summed E-state index contributed by atoms with van der Waals surface area (Å²) < 4.78 is 5.43. The number of carbonyl (C=O) groups excluding carboxylic acids is 1. The highest BCUT2D eigenvalue weighted by Gasteiger charge is 2.16. The van der Waals surface area contributed by atoms with Gasteiger partial charge in [-0.2, -0.15) is 0 Å². The Labute approximate surface area is 169 Å². The quantitative estimate of drug-likeness (QED) is 0.707. The van der Waals surface area contributed by atoms with Crippen molar-refractivity contribution in [3.63, 3.8) is 0 Å². The van der Waals surface area contributed by atoms with Gasteiger partial charge in [-0.1, -0.05) is 18.2 Å². The van der Waals surface area contributed by atoms with Crippen LogP contribution in [0.1, 0.15) is 5.56 Å². The Morgan fingerprint density at radius 3 is 2.31 bits per heavy atom. The molecule has 1 aliphatic rings. The Morgan fingerprint density at radius 2 is 1.62 bits per heavy atom. The summed E-state index contributed by atoms with van der Waals surface area (Å²) in [6.07, 6.45) is 1.85. The summed E-state index contributed by atoms with van der Waals surface area (Å²) in [6.45, 7) is 5.11. The van der Waals surface area contributed by atoms with E-state index in [1.165, 1.54) is 0 Å². The first-order valence-electron chi connectivity index (χ1n) is 9.59. The molecule has 0 atom stereocenters. The van der Waals surface area contributed by atoms with Gasteiger partial charge in [0.25, 0.3) is 0 Å². The monoisotopic (exact) mass is 389 g/mol. The molecule has 1 saturated heterocycles. The van der Waals surface area contributed by atoms with Gasteiger partial charge in [0.2, 0.25) is 0 Å². The van der Waals surface area contributed by atoms with Crippen LogP contribution in [-0.2, 0) is 4.74 Å². The zero-order valence-electron chi connectivity index (χ0n) is 16.3. The van der Waals surface area contributed by atoms with E-state index in [0.29, 0.717) is 24.7 Å². The van der Waals surface area contributed by atoms with Crippen LogP contribution < -0.4 is 15.5 Å². The molecule has 1 aromatic heterocycles. The molecule has 1 aliphatic heterocycles. The minimum Gasteiger partial charge on any atom is -0.378 e. The highest BCUT2D eigenvalue weighted by atomic mass is 16.5. The second-order valence-electron chi connectivity index (χ2n) is 6.82. The van der Waals surface area contributed by atoms with Crippen molar-refractivity contribution in [1.29, 1.82) is 0 Å². The molecule has 2 N–H and O–H groups in total. The number of morpholine rings is 1. The summed E-state index contributed by atoms with van der Waals surface area (Å²) in [5, 5.41) is 5.62. The molecule has 0 spiro atoms. The fourth-order valence-corrected chi connectivity index (χ4v) is 3.18. The molecule has 0 bridgehead atoms. The van der Waals surface area contributed by atoms with E-state index in [9.17, 15) is 4.79 Å². The number of para-hydroxylation sites is 1. The number of nitrogens with one attached hydrogen (secondary N) is 2. The third-order valence-corrected chi connectivity index (χ3v) is 4.69. The summed E-state index contributed by atoms with van der Waals surface area (Å²) >= 11 is 0. The average Bonchev–Trinajstić information content (AvgIpc) is 2.76. The highest BCUT2D eigenvalue weighted by molar-refractivity contribution is 5.99. The maximum Gasteiger partial charge on any atom is 0.323 e. The van der Waals surface area contributed by atoms with Crippen molar-refractivity contribution < 1.29 is 9.53 Å². The minimum atomic E-state index is -0.287. The summed E-state index contributed by atoms with van der Waals surface area (Å²) in [7, 11) is 0. The van der Waals surface area contributed by atoms with E-state index in [1.54, 1.807) is 0 Å². The van der Waals surface area contributed by atoms with Crippen molar-refractivity contribution in [2.45, 2.75) is 6.92 Å². The number of carbonyl (C=O) groups is 1. The smallest absolute Gasteiger partial charge is 0.323 e. The van der Waals surface area contributed by atoms with Crippen LogP contribution in [0, 0.1) is 6.92 Å². The van der Waals surface area contributed by atoms with Gasteiger partial charge in [0.1, 0.15) is 5.82 Å². The first kappa shape index (κ1) is 18.9. The van der Waals surface area contributed by atoms with Crippen molar-refractivity contribution >= 4 is 23.2 Å². The predicted molar refractivity (Wildman–Crippen MR) is 114 cm³/mol. The Bertz CT molecular complexity index is 970. The molecule has 2 aromatic carbocycles. The van der Waals surface area contributed by atoms with Crippen LogP contribution in [0.2, 0.25) is 0 Å². The van der Waals surface area contributed by atoms with E-state index < -0.39 is 0 Å². The molecule has 0 saturated carbocycles. The lowest BCUT2D eigenvalue weighted by Crippen LogP contribution is -2.37. The summed E-state index contributed by atoms with van der Waals surface area (Å²) in [5.74, 6) is 1.61. The summed E-state index contributed by atoms with van der Waals surface area (Å²) in [4.78, 5) is 23.6. The second-order valence-corrected chi connectivity index (χ2v) is 6.82. The molecule has 3 aromatic rings. The zero-order valence-corrected chi connectivity index (χ0v) is 16.3. The van der Waals surface area contributed by atoms with Gasteiger partial charge in [-0.05, 0) is 43.3 Å². The maximum atomic E-state index is 12.1. The van der Waals surface area contributed by atoms with Crippen LogP contribution in [0.15, 0.2) is 60.8 Å². The van der Waals surface area contributed by atoms with Crippen molar-refractivity contribution in [3.8, 4) is 11.4 Å². The number of aromatic nitrogens is 2. The van der Waals surface area contributed by atoms with E-state index in [4.69, 9.17) is 9.72 Å². The van der Waals surface area contributed by atoms with Crippen LogP contribution in [0.25, 0.3) is 11.4 Å². The number of aryl methyl sites for hydroxylation is 1. The minimum absolute atomic E-state index is 0.287. The van der Waals surface area contributed by atoms with Gasteiger partial charge in [-0.25, -0.2) is 14.8 Å². The van der Waals surface area contributed by atoms with Gasteiger partial charge in [-0.3, -0.25) is 0 Å². The van der Waals surface area contributed by atoms with Crippen LogP contribution in [0.5, 0.6) is 0 Å². The molecular weight excluding hydrogens is 366 g/mol. The lowest BCUT2D eigenvalue weighted by Gasteiger charge is -2.29. The molecule has 2 heterocycles. The SMILES string of the molecule is Cc1cnc(-c2ccc(NC(=O)Nc3ccccc3)cc2)nc1N1CCOCC1. The van der Waals surface area contributed by atoms with Gasteiger partial charge >= 0.3 is 6.03 Å². The van der Waals surface area contributed by atoms with Crippen molar-refractivity contribution in [3.05, 3.63) is 66.4 Å². The highest BCUT2D eigenvalue weighted by Crippen LogP contribution is 2.23. The number of benzene rings is 2. The fraction of sp³-hybridized carbons (Fsp3) is 0.227. The van der Waals surface area contributed by atoms with Crippen LogP contribution in [0.3, 0.4) is 0 Å². The van der Waals surface area contributed by atoms with Gasteiger partial charge < -0.3 is 20.3 Å². The molecule has 0 aliphatic carbocycles. The Morgan fingerprint density at radius 1 is 0.966 bits per heavy atom. The van der Waals surface area contributed by atoms with Gasteiger partial charge in [0, 0.05) is 41.8 Å². The number of ether oxygens (including phenoxy) is 1. The summed E-state index contributed by atoms with van der Waals surface area (Å²) in [5.41, 5.74) is 3.38. The fourth-order valence-electron chi connectivity index (χ4n) is 3.18. The van der Waals surface area contributed by atoms with E-state index in [2.05, 4.69) is 20.5 Å². The van der Waals surface area contributed by atoms with Crippen LogP contribution >= 0.6 is 0 Å². The van der Waals surface area contributed by atoms with E-state index in [0.717, 1.165) is 35.7 Å². The molecule has 29 heavy (non-hydrogen) atoms. The molecule has 7 nitrogen and oxygen atoms in total. The van der Waals surface area contributed by atoms with Crippen molar-refractivity contribution in [2.75, 3.05) is 41.8 Å². The number of urea groups is 1. The zero-order chi connectivity index (χ0) is 20.1. The lowest BCUT2D eigenvalue weighted by atomic mass is 10.2. The van der Waals surface area contributed by atoms with E-state index in [1.807, 2.05) is 67.7 Å². The molecule has 1 fully saturated rings. The third-order valence-electron chi connectivity index (χ3n) is 4.69. The van der Waals surface area contributed by atoms with E-state index in [-0.39, 0.29) is 6.03 Å². The van der Waals surface area contributed by atoms with Crippen LogP contribution in [0.4, 0.5) is 22.0 Å². The standard InChI is InChI=1S/C22H23N5O2/c1-16-15-23-20(26-21(16)27-11-13-29-14-12-27)17-7-9-19(10-8-17)25-22(28)24-18-5-3-2-4-6-18/h2-10,15H,11-14H2,1H3,(H2,24,25,28). The third kappa shape index (κ3) is 4.70. The van der Waals surface area contributed by atoms with Gasteiger partial charge in [0.05, 0.1) is 13.2 Å². The van der Waals surface area contributed by atoms with Gasteiger partial charge in [0.15, 0.2) is 5.82 Å². The lowest BCUT2D eigenvalue weighted by molar-refractivity contribution is 0.122.